The second-order valence-corrected chi connectivity index (χ2v) is 7.00. The lowest BCUT2D eigenvalue weighted by molar-refractivity contribution is 0.386. The second-order valence-electron chi connectivity index (χ2n) is 5.53. The van der Waals surface area contributed by atoms with Crippen LogP contribution in [0.1, 0.15) is 5.56 Å². The average Bonchev–Trinajstić information content (AvgIpc) is 2.65. The van der Waals surface area contributed by atoms with E-state index in [9.17, 15) is 4.39 Å². The van der Waals surface area contributed by atoms with Gasteiger partial charge in [-0.3, -0.25) is 4.90 Å². The molecule has 25 heavy (non-hydrogen) atoms. The van der Waals surface area contributed by atoms with Gasteiger partial charge in [0.15, 0.2) is 11.6 Å². The molecule has 0 aromatic heterocycles. The lowest BCUT2D eigenvalue weighted by Crippen LogP contribution is -2.27. The summed E-state index contributed by atoms with van der Waals surface area (Å²) in [7, 11) is 1.45. The van der Waals surface area contributed by atoms with Crippen LogP contribution in [0.5, 0.6) is 5.75 Å². The van der Waals surface area contributed by atoms with E-state index in [0.29, 0.717) is 10.6 Å². The van der Waals surface area contributed by atoms with Gasteiger partial charge in [0.25, 0.3) is 0 Å². The van der Waals surface area contributed by atoms with Gasteiger partial charge in [0.2, 0.25) is 0 Å². The number of ether oxygens (including phenoxy) is 1. The smallest absolute Gasteiger partial charge is 0.165 e. The zero-order chi connectivity index (χ0) is 17.4. The fraction of sp³-hybridized carbons (Fsp3) is 0.0500. The molecule has 2 nitrogen and oxygen atoms in total. The van der Waals surface area contributed by atoms with Crippen molar-refractivity contribution >= 4 is 40.3 Å². The average molecular weight is 367 g/mol. The Hall–Kier alpha value is -2.37. The van der Waals surface area contributed by atoms with Gasteiger partial charge in [-0.2, -0.15) is 0 Å². The monoisotopic (exact) mass is 367 g/mol. The van der Waals surface area contributed by atoms with Gasteiger partial charge in [-0.15, -0.1) is 0 Å². The fourth-order valence-corrected chi connectivity index (χ4v) is 4.23. The minimum atomic E-state index is -0.421. The molecule has 0 spiro atoms. The van der Waals surface area contributed by atoms with Crippen molar-refractivity contribution < 1.29 is 9.13 Å². The largest absolute Gasteiger partial charge is 0.494 e. The molecule has 0 aliphatic carbocycles. The Bertz CT molecular complexity index is 928. The minimum absolute atomic E-state index is 0.210. The van der Waals surface area contributed by atoms with Crippen LogP contribution in [0.25, 0.3) is 0 Å². The van der Waals surface area contributed by atoms with E-state index in [1.807, 2.05) is 41.3 Å². The molecule has 0 fully saturated rings. The van der Waals surface area contributed by atoms with Gasteiger partial charge < -0.3 is 4.74 Å². The molecule has 0 unspecified atom stereocenters. The second kappa shape index (κ2) is 6.50. The van der Waals surface area contributed by atoms with Crippen molar-refractivity contribution in [1.29, 1.82) is 0 Å². The number of benzene rings is 3. The third kappa shape index (κ3) is 2.79. The summed E-state index contributed by atoms with van der Waals surface area (Å²) in [6, 6.07) is 21.0. The van der Waals surface area contributed by atoms with Gasteiger partial charge in [0.1, 0.15) is 4.99 Å². The Kier molecular flexibility index (Phi) is 4.19. The van der Waals surface area contributed by atoms with Crippen molar-refractivity contribution in [3.8, 4) is 5.75 Å². The molecule has 4 rings (SSSR count). The summed E-state index contributed by atoms with van der Waals surface area (Å²) in [5.41, 5.74) is 2.66. The zero-order valence-electron chi connectivity index (χ0n) is 13.4. The van der Waals surface area contributed by atoms with Crippen LogP contribution in [0.4, 0.5) is 15.8 Å². The first-order valence-corrected chi connectivity index (χ1v) is 8.95. The van der Waals surface area contributed by atoms with Crippen molar-refractivity contribution in [3.63, 3.8) is 0 Å². The molecule has 0 radical (unpaired) electrons. The van der Waals surface area contributed by atoms with E-state index in [1.165, 1.54) is 13.2 Å². The van der Waals surface area contributed by atoms with E-state index >= 15 is 0 Å². The van der Waals surface area contributed by atoms with Crippen molar-refractivity contribution in [3.05, 3.63) is 78.1 Å². The molecule has 1 aliphatic heterocycles. The van der Waals surface area contributed by atoms with Crippen LogP contribution >= 0.6 is 24.0 Å². The predicted octanol–water partition coefficient (Wildman–Crippen LogP) is 5.81. The first kappa shape index (κ1) is 16.1. The molecule has 0 saturated heterocycles. The summed E-state index contributed by atoms with van der Waals surface area (Å²) in [5, 5.41) is 0. The lowest BCUT2D eigenvalue weighted by atomic mass is 10.1. The maximum atomic E-state index is 14.2. The highest BCUT2D eigenvalue weighted by Crippen LogP contribution is 2.48. The Morgan fingerprint density at radius 1 is 0.960 bits per heavy atom. The SMILES string of the molecule is COc1ccc(C(=S)N2c3ccccc3Sc3ccccc32)cc1F. The van der Waals surface area contributed by atoms with Crippen LogP contribution in [-0.2, 0) is 0 Å². The van der Waals surface area contributed by atoms with Crippen molar-refractivity contribution in [2.24, 2.45) is 0 Å². The van der Waals surface area contributed by atoms with E-state index in [0.717, 1.165) is 21.2 Å². The lowest BCUT2D eigenvalue weighted by Gasteiger charge is -2.33. The Morgan fingerprint density at radius 3 is 2.12 bits per heavy atom. The number of nitrogens with zero attached hydrogens (tertiary/aromatic N) is 1. The predicted molar refractivity (Wildman–Crippen MR) is 104 cm³/mol. The molecule has 0 bridgehead atoms. The molecule has 0 saturated carbocycles. The number of hydrogen-bond donors (Lipinski definition) is 0. The molecular weight excluding hydrogens is 353 g/mol. The molecule has 124 valence electrons. The molecule has 0 N–H and O–H groups in total. The van der Waals surface area contributed by atoms with Gasteiger partial charge in [0.05, 0.1) is 18.5 Å². The van der Waals surface area contributed by atoms with Crippen molar-refractivity contribution in [2.75, 3.05) is 12.0 Å². The van der Waals surface area contributed by atoms with E-state index in [2.05, 4.69) is 12.1 Å². The highest BCUT2D eigenvalue weighted by atomic mass is 32.2. The minimum Gasteiger partial charge on any atom is -0.494 e. The van der Waals surface area contributed by atoms with Crippen molar-refractivity contribution in [2.45, 2.75) is 9.79 Å². The molecule has 0 atom stereocenters. The first-order chi connectivity index (χ1) is 12.2. The number of anilines is 2. The van der Waals surface area contributed by atoms with Crippen LogP contribution in [0.2, 0.25) is 0 Å². The highest BCUT2D eigenvalue weighted by molar-refractivity contribution is 7.99. The summed E-state index contributed by atoms with van der Waals surface area (Å²) in [5.74, 6) is -0.211. The molecule has 1 aliphatic rings. The van der Waals surface area contributed by atoms with Gasteiger partial charge in [-0.1, -0.05) is 48.2 Å². The summed E-state index contributed by atoms with van der Waals surface area (Å²) in [6.45, 7) is 0. The maximum Gasteiger partial charge on any atom is 0.165 e. The van der Waals surface area contributed by atoms with E-state index in [-0.39, 0.29) is 5.75 Å². The molecule has 0 amide bonds. The molecule has 3 aromatic carbocycles. The van der Waals surface area contributed by atoms with Crippen LogP contribution in [-0.4, -0.2) is 12.1 Å². The van der Waals surface area contributed by atoms with Gasteiger partial charge >= 0.3 is 0 Å². The summed E-state index contributed by atoms with van der Waals surface area (Å²) in [6.07, 6.45) is 0. The topological polar surface area (TPSA) is 12.5 Å². The molecule has 5 heteroatoms. The Morgan fingerprint density at radius 2 is 1.56 bits per heavy atom. The number of fused-ring (bicyclic) bond motifs is 2. The normalized spacial score (nSPS) is 12.3. The summed E-state index contributed by atoms with van der Waals surface area (Å²) in [4.78, 5) is 4.81. The standard InChI is InChI=1S/C20H14FNOS2/c1-23-17-11-10-13(12-14(17)21)20(24)22-15-6-2-4-8-18(15)25-19-9-5-3-7-16(19)22/h2-12H,1H3. The number of hydrogen-bond acceptors (Lipinski definition) is 3. The Labute approximate surface area is 155 Å². The van der Waals surface area contributed by atoms with Gasteiger partial charge in [-0.25, -0.2) is 4.39 Å². The maximum absolute atomic E-state index is 14.2. The number of rotatable bonds is 2. The molecule has 3 aromatic rings. The number of methoxy groups -OCH3 is 1. The zero-order valence-corrected chi connectivity index (χ0v) is 15.0. The van der Waals surface area contributed by atoms with Gasteiger partial charge in [0, 0.05) is 15.4 Å². The van der Waals surface area contributed by atoms with Crippen LogP contribution in [0.15, 0.2) is 76.5 Å². The van der Waals surface area contributed by atoms with Crippen LogP contribution < -0.4 is 9.64 Å². The van der Waals surface area contributed by atoms with E-state index in [4.69, 9.17) is 17.0 Å². The Balaban J connectivity index is 1.84. The van der Waals surface area contributed by atoms with Crippen LogP contribution in [0, 0.1) is 5.82 Å². The quantitative estimate of drug-likeness (QED) is 0.530. The summed E-state index contributed by atoms with van der Waals surface area (Å²) < 4.78 is 19.2. The third-order valence-corrected chi connectivity index (χ3v) is 5.58. The number of thiocarbonyl (C=S) groups is 1. The molecule has 1 heterocycles. The fourth-order valence-electron chi connectivity index (χ4n) is 2.85. The van der Waals surface area contributed by atoms with E-state index in [1.54, 1.807) is 23.9 Å². The third-order valence-electron chi connectivity index (χ3n) is 4.03. The summed E-state index contributed by atoms with van der Waals surface area (Å²) >= 11 is 7.45. The number of halogens is 1. The van der Waals surface area contributed by atoms with Gasteiger partial charge in [-0.05, 0) is 42.5 Å². The number of para-hydroxylation sites is 2. The van der Waals surface area contributed by atoms with E-state index < -0.39 is 5.82 Å². The van der Waals surface area contributed by atoms with Crippen molar-refractivity contribution in [1.82, 2.24) is 0 Å². The molecular formula is C20H14FNOS2. The van der Waals surface area contributed by atoms with Crippen LogP contribution in [0.3, 0.4) is 0 Å². The highest BCUT2D eigenvalue weighted by Gasteiger charge is 2.26. The first-order valence-electron chi connectivity index (χ1n) is 7.73.